The highest BCUT2D eigenvalue weighted by Gasteiger charge is 2.40. The number of carbonyl (C=O) groups excluding carboxylic acids is 2. The predicted molar refractivity (Wildman–Crippen MR) is 148 cm³/mol. The third-order valence-corrected chi connectivity index (χ3v) is 9.29. The monoisotopic (exact) mass is 616 g/mol. The normalized spacial score (nSPS) is 13.0. The summed E-state index contributed by atoms with van der Waals surface area (Å²) in [4.78, 5) is 27.1. The number of aryl methyl sites for hydroxylation is 2. The lowest BCUT2D eigenvalue weighted by Crippen LogP contribution is -2.25. The number of ketones is 2. The predicted octanol–water partition coefficient (Wildman–Crippen LogP) is 5.92. The Morgan fingerprint density at radius 3 is 1.15 bits per heavy atom. The first-order valence-corrected chi connectivity index (χ1v) is 15.1. The van der Waals surface area contributed by atoms with Gasteiger partial charge in [0.15, 0.2) is 23.1 Å². The highest BCUT2D eigenvalue weighted by Crippen LogP contribution is 2.44. The maximum Gasteiger partial charge on any atom is 0.339 e. The van der Waals surface area contributed by atoms with Crippen LogP contribution in [0.4, 0.5) is 0 Å². The summed E-state index contributed by atoms with van der Waals surface area (Å²) < 4.78 is 63.0. The smallest absolute Gasteiger partial charge is 0.339 e. The summed E-state index contributed by atoms with van der Waals surface area (Å²) in [6.07, 6.45) is 0. The van der Waals surface area contributed by atoms with E-state index in [9.17, 15) is 26.4 Å². The largest absolute Gasteiger partial charge is 0.378 e. The first-order valence-electron chi connectivity index (χ1n) is 11.6. The van der Waals surface area contributed by atoms with Gasteiger partial charge in [-0.25, -0.2) is 0 Å². The minimum atomic E-state index is -4.48. The van der Waals surface area contributed by atoms with Gasteiger partial charge >= 0.3 is 20.2 Å². The number of halogens is 2. The zero-order valence-electron chi connectivity index (χ0n) is 20.8. The number of benzene rings is 4. The van der Waals surface area contributed by atoms with Crippen molar-refractivity contribution < 1.29 is 34.8 Å². The van der Waals surface area contributed by atoms with Crippen LogP contribution < -0.4 is 8.37 Å². The minimum Gasteiger partial charge on any atom is -0.378 e. The van der Waals surface area contributed by atoms with E-state index in [0.717, 1.165) is 23.3 Å². The SMILES string of the molecule is Cc1ccc(S(=O)(=O)Oc2ccc(OS(=O)(=O)c3ccc(C)cc3)c3c2C(=O)c2c(Cl)ccc(Cl)c2C3=O)cc1. The van der Waals surface area contributed by atoms with Crippen LogP contribution in [0.15, 0.2) is 82.6 Å². The van der Waals surface area contributed by atoms with Crippen LogP contribution in [0.1, 0.15) is 43.0 Å². The summed E-state index contributed by atoms with van der Waals surface area (Å²) in [5, 5.41) is -0.233. The molecule has 0 aliphatic heterocycles. The third kappa shape index (κ3) is 4.88. The minimum absolute atomic E-state index is 0.116. The number of hydrogen-bond donors (Lipinski definition) is 0. The molecule has 0 unspecified atom stereocenters. The lowest BCUT2D eigenvalue weighted by molar-refractivity contribution is 0.0976. The van der Waals surface area contributed by atoms with Gasteiger partial charge in [-0.05, 0) is 62.4 Å². The Morgan fingerprint density at radius 2 is 0.825 bits per heavy atom. The summed E-state index contributed by atoms with van der Waals surface area (Å²) in [5.74, 6) is -2.83. The summed E-state index contributed by atoms with van der Waals surface area (Å²) in [6, 6.07) is 16.2. The zero-order valence-corrected chi connectivity index (χ0v) is 23.9. The maximum absolute atomic E-state index is 13.8. The van der Waals surface area contributed by atoms with E-state index in [1.807, 2.05) is 0 Å². The molecule has 0 atom stereocenters. The lowest BCUT2D eigenvalue weighted by Gasteiger charge is -2.23. The van der Waals surface area contributed by atoms with Gasteiger partial charge < -0.3 is 8.37 Å². The number of carbonyl (C=O) groups is 2. The number of hydrogen-bond acceptors (Lipinski definition) is 8. The Hall–Kier alpha value is -3.70. The molecular weight excluding hydrogens is 599 g/mol. The second kappa shape index (κ2) is 10.0. The molecule has 0 saturated carbocycles. The van der Waals surface area contributed by atoms with Crippen molar-refractivity contribution in [2.45, 2.75) is 23.6 Å². The molecule has 1 aliphatic rings. The second-order valence-electron chi connectivity index (χ2n) is 8.95. The van der Waals surface area contributed by atoms with Crippen LogP contribution in [0.3, 0.4) is 0 Å². The molecule has 0 saturated heterocycles. The fourth-order valence-electron chi connectivity index (χ4n) is 4.14. The molecule has 0 aromatic heterocycles. The van der Waals surface area contributed by atoms with Crippen molar-refractivity contribution in [3.05, 3.63) is 116 Å². The summed E-state index contributed by atoms with van der Waals surface area (Å²) in [5.41, 5.74) is -0.0125. The van der Waals surface area contributed by atoms with E-state index in [0.29, 0.717) is 0 Å². The van der Waals surface area contributed by atoms with E-state index < -0.39 is 54.4 Å². The highest BCUT2D eigenvalue weighted by molar-refractivity contribution is 7.87. The lowest BCUT2D eigenvalue weighted by atomic mass is 9.83. The van der Waals surface area contributed by atoms with Crippen LogP contribution in [-0.2, 0) is 20.2 Å². The fourth-order valence-corrected chi connectivity index (χ4v) is 6.51. The van der Waals surface area contributed by atoms with Crippen LogP contribution >= 0.6 is 23.2 Å². The van der Waals surface area contributed by atoms with E-state index in [1.165, 1.54) is 36.4 Å². The van der Waals surface area contributed by atoms with Crippen LogP contribution in [-0.4, -0.2) is 28.4 Å². The van der Waals surface area contributed by atoms with Crippen molar-refractivity contribution in [1.82, 2.24) is 0 Å². The molecule has 0 bridgehead atoms. The molecule has 4 aromatic rings. The summed E-state index contributed by atoms with van der Waals surface area (Å²) >= 11 is 12.5. The summed E-state index contributed by atoms with van der Waals surface area (Å²) in [6.45, 7) is 3.54. The van der Waals surface area contributed by atoms with Crippen molar-refractivity contribution in [1.29, 1.82) is 0 Å². The molecule has 8 nitrogen and oxygen atoms in total. The van der Waals surface area contributed by atoms with E-state index in [1.54, 1.807) is 38.1 Å². The zero-order chi connectivity index (χ0) is 29.0. The van der Waals surface area contributed by atoms with Gasteiger partial charge in [-0.15, -0.1) is 0 Å². The average molecular weight is 617 g/mol. The molecule has 0 heterocycles. The fraction of sp³-hybridized carbons (Fsp3) is 0.0714. The topological polar surface area (TPSA) is 121 Å². The van der Waals surface area contributed by atoms with Gasteiger partial charge in [0.1, 0.15) is 9.79 Å². The van der Waals surface area contributed by atoms with E-state index in [-0.39, 0.29) is 31.0 Å². The molecule has 0 amide bonds. The molecule has 0 spiro atoms. The Morgan fingerprint density at radius 1 is 0.500 bits per heavy atom. The van der Waals surface area contributed by atoms with Crippen molar-refractivity contribution in [3.8, 4) is 11.5 Å². The van der Waals surface area contributed by atoms with Crippen molar-refractivity contribution in [2.24, 2.45) is 0 Å². The number of rotatable bonds is 6. The molecule has 1 aliphatic carbocycles. The molecule has 0 fully saturated rings. The van der Waals surface area contributed by atoms with Crippen molar-refractivity contribution in [3.63, 3.8) is 0 Å². The number of fused-ring (bicyclic) bond motifs is 2. The molecule has 204 valence electrons. The van der Waals surface area contributed by atoms with Gasteiger partial charge in [0.25, 0.3) is 0 Å². The third-order valence-electron chi connectivity index (χ3n) is 6.16. The Labute approximate surface area is 240 Å². The van der Waals surface area contributed by atoms with Crippen molar-refractivity contribution in [2.75, 3.05) is 0 Å². The van der Waals surface area contributed by atoms with Crippen LogP contribution in [0.5, 0.6) is 11.5 Å². The molecule has 12 heteroatoms. The first-order chi connectivity index (χ1) is 18.8. The van der Waals surface area contributed by atoms with Gasteiger partial charge in [-0.3, -0.25) is 9.59 Å². The molecular formula is C28H18Cl2O8S2. The first kappa shape index (κ1) is 27.9. The van der Waals surface area contributed by atoms with Crippen molar-refractivity contribution >= 4 is 55.0 Å². The molecule has 0 N–H and O–H groups in total. The molecule has 0 radical (unpaired) electrons. The Kier molecular flexibility index (Phi) is 6.99. The van der Waals surface area contributed by atoms with E-state index >= 15 is 0 Å². The van der Waals surface area contributed by atoms with Gasteiger partial charge in [-0.1, -0.05) is 58.6 Å². The molecule has 4 aromatic carbocycles. The summed E-state index contributed by atoms with van der Waals surface area (Å²) in [7, 11) is -8.95. The van der Waals surface area contributed by atoms with Crippen LogP contribution in [0.25, 0.3) is 0 Å². The standard InChI is InChI=1S/C28H18Cl2O8S2/c1-15-3-7-17(8-4-15)39(33,34)37-21-13-14-22(38-40(35,36)18-9-5-16(2)6-10-18)26-25(21)27(31)23-19(29)11-12-20(30)24(23)28(26)32/h3-14H,1-2H3. The van der Waals surface area contributed by atoms with E-state index in [2.05, 4.69) is 0 Å². The van der Waals surface area contributed by atoms with Crippen LogP contribution in [0.2, 0.25) is 10.0 Å². The average Bonchev–Trinajstić information content (AvgIpc) is 2.89. The molecule has 5 rings (SSSR count). The van der Waals surface area contributed by atoms with E-state index in [4.69, 9.17) is 31.6 Å². The Bertz CT molecular complexity index is 1790. The Balaban J connectivity index is 1.70. The molecule has 40 heavy (non-hydrogen) atoms. The van der Waals surface area contributed by atoms with Gasteiger partial charge in [0, 0.05) is 0 Å². The highest BCUT2D eigenvalue weighted by atomic mass is 35.5. The van der Waals surface area contributed by atoms with Gasteiger partial charge in [0.05, 0.1) is 32.3 Å². The van der Waals surface area contributed by atoms with Crippen LogP contribution in [0, 0.1) is 13.8 Å². The quantitative estimate of drug-likeness (QED) is 0.215. The van der Waals surface area contributed by atoms with Gasteiger partial charge in [-0.2, -0.15) is 16.8 Å². The maximum atomic E-state index is 13.8. The van der Waals surface area contributed by atoms with Gasteiger partial charge in [0.2, 0.25) is 0 Å². The second-order valence-corrected chi connectivity index (χ2v) is 12.9.